The number of rotatable bonds is 1. The fraction of sp³-hybridized carbons (Fsp3) is 0.333. The van der Waals surface area contributed by atoms with Gasteiger partial charge in [-0.2, -0.15) is 4.99 Å². The average molecular weight is 305 g/mol. The smallest absolute Gasteiger partial charge is 0.286 e. The number of thioether (sulfide) groups is 1. The molecule has 1 aromatic carbocycles. The summed E-state index contributed by atoms with van der Waals surface area (Å²) in [5, 5.41) is 0.760. The van der Waals surface area contributed by atoms with Crippen LogP contribution in [0.5, 0.6) is 0 Å². The zero-order chi connectivity index (χ0) is 14.8. The van der Waals surface area contributed by atoms with Crippen molar-refractivity contribution in [2.75, 3.05) is 33.2 Å². The molecule has 2 aliphatic heterocycles. The number of amidine groups is 1. The molecule has 0 unspecified atom stereocenters. The van der Waals surface area contributed by atoms with Gasteiger partial charge >= 0.3 is 0 Å². The Morgan fingerprint density at radius 2 is 2.05 bits per heavy atom. The van der Waals surface area contributed by atoms with Gasteiger partial charge < -0.3 is 9.80 Å². The lowest BCUT2D eigenvalue weighted by Gasteiger charge is -2.32. The Kier molecular flexibility index (Phi) is 4.07. The molecule has 0 aliphatic carbocycles. The minimum atomic E-state index is -0.306. The highest BCUT2D eigenvalue weighted by molar-refractivity contribution is 8.18. The predicted molar refractivity (Wildman–Crippen MR) is 83.5 cm³/mol. The third kappa shape index (κ3) is 3.33. The molecule has 1 fully saturated rings. The van der Waals surface area contributed by atoms with E-state index in [0.717, 1.165) is 31.3 Å². The van der Waals surface area contributed by atoms with Gasteiger partial charge in [0.2, 0.25) is 0 Å². The van der Waals surface area contributed by atoms with E-state index >= 15 is 0 Å². The van der Waals surface area contributed by atoms with E-state index < -0.39 is 0 Å². The Morgan fingerprint density at radius 1 is 1.29 bits per heavy atom. The number of piperazine rings is 1. The number of hydrogen-bond donors (Lipinski definition) is 0. The first-order valence-electron chi connectivity index (χ1n) is 6.83. The number of benzene rings is 1. The monoisotopic (exact) mass is 305 g/mol. The standard InChI is InChI=1S/C15H16FN3OS/c1-18-5-7-19(8-6-18)15-17-14(20)13(21-15)10-11-3-2-4-12(16)9-11/h2-4,9-10H,5-8H2,1H3/b13-10+. The van der Waals surface area contributed by atoms with Crippen molar-refractivity contribution >= 4 is 28.9 Å². The molecule has 0 N–H and O–H groups in total. The molecule has 0 radical (unpaired) electrons. The largest absolute Gasteiger partial charge is 0.348 e. The van der Waals surface area contributed by atoms with Crippen molar-refractivity contribution in [3.05, 3.63) is 40.6 Å². The summed E-state index contributed by atoms with van der Waals surface area (Å²) >= 11 is 1.37. The molecule has 0 spiro atoms. The van der Waals surface area contributed by atoms with Gasteiger partial charge in [0, 0.05) is 26.2 Å². The molecule has 0 atom stereocenters. The van der Waals surface area contributed by atoms with Crippen molar-refractivity contribution < 1.29 is 9.18 Å². The summed E-state index contributed by atoms with van der Waals surface area (Å²) in [5.74, 6) is -0.543. The lowest BCUT2D eigenvalue weighted by molar-refractivity contribution is -0.113. The number of hydrogen-bond acceptors (Lipinski definition) is 4. The van der Waals surface area contributed by atoms with Crippen LogP contribution in [0.25, 0.3) is 6.08 Å². The predicted octanol–water partition coefficient (Wildman–Crippen LogP) is 2.04. The number of aliphatic imine (C=N–C) groups is 1. The summed E-state index contributed by atoms with van der Waals surface area (Å²) in [7, 11) is 2.08. The molecule has 6 heteroatoms. The van der Waals surface area contributed by atoms with Crippen LogP contribution in [0.3, 0.4) is 0 Å². The van der Waals surface area contributed by atoms with Crippen molar-refractivity contribution in [2.24, 2.45) is 4.99 Å². The second kappa shape index (κ2) is 5.99. The van der Waals surface area contributed by atoms with E-state index in [2.05, 4.69) is 21.8 Å². The SMILES string of the molecule is CN1CCN(C2=NC(=O)/C(=C\c3cccc(F)c3)S2)CC1. The Morgan fingerprint density at radius 3 is 2.76 bits per heavy atom. The molecule has 1 aromatic rings. The highest BCUT2D eigenvalue weighted by atomic mass is 32.2. The van der Waals surface area contributed by atoms with Crippen LogP contribution in [0, 0.1) is 5.82 Å². The van der Waals surface area contributed by atoms with Crippen LogP contribution in [0.4, 0.5) is 4.39 Å². The van der Waals surface area contributed by atoms with E-state index in [1.807, 2.05) is 0 Å². The summed E-state index contributed by atoms with van der Waals surface area (Å²) in [4.78, 5) is 21.0. The second-order valence-electron chi connectivity index (χ2n) is 5.16. The number of nitrogens with zero attached hydrogens (tertiary/aromatic N) is 3. The minimum Gasteiger partial charge on any atom is -0.348 e. The van der Waals surface area contributed by atoms with Gasteiger partial charge in [-0.05, 0) is 42.6 Å². The molecule has 21 heavy (non-hydrogen) atoms. The van der Waals surface area contributed by atoms with Gasteiger partial charge in [-0.1, -0.05) is 12.1 Å². The first-order valence-corrected chi connectivity index (χ1v) is 7.65. The van der Waals surface area contributed by atoms with E-state index in [-0.39, 0.29) is 11.7 Å². The van der Waals surface area contributed by atoms with Crippen molar-refractivity contribution in [2.45, 2.75) is 0 Å². The van der Waals surface area contributed by atoms with Crippen molar-refractivity contribution in [3.63, 3.8) is 0 Å². The van der Waals surface area contributed by atoms with Gasteiger partial charge in [0.25, 0.3) is 5.91 Å². The molecule has 110 valence electrons. The lowest BCUT2D eigenvalue weighted by Crippen LogP contribution is -2.46. The van der Waals surface area contributed by atoms with E-state index in [9.17, 15) is 9.18 Å². The van der Waals surface area contributed by atoms with Gasteiger partial charge in [0.15, 0.2) is 5.17 Å². The molecule has 3 rings (SSSR count). The summed E-state index contributed by atoms with van der Waals surface area (Å²) in [6.45, 7) is 3.69. The van der Waals surface area contributed by atoms with Gasteiger partial charge in [-0.25, -0.2) is 4.39 Å². The summed E-state index contributed by atoms with van der Waals surface area (Å²) in [5.41, 5.74) is 0.681. The first-order chi connectivity index (χ1) is 10.1. The minimum absolute atomic E-state index is 0.238. The number of likely N-dealkylation sites (N-methyl/N-ethyl adjacent to an activating group) is 1. The van der Waals surface area contributed by atoms with Gasteiger partial charge in [-0.15, -0.1) is 0 Å². The van der Waals surface area contributed by atoms with Crippen LogP contribution in [0.15, 0.2) is 34.2 Å². The fourth-order valence-corrected chi connectivity index (χ4v) is 3.24. The number of amides is 1. The maximum Gasteiger partial charge on any atom is 0.286 e. The van der Waals surface area contributed by atoms with Crippen LogP contribution in [0.2, 0.25) is 0 Å². The molecular weight excluding hydrogens is 289 g/mol. The average Bonchev–Trinajstić information content (AvgIpc) is 2.81. The zero-order valence-corrected chi connectivity index (χ0v) is 12.6. The van der Waals surface area contributed by atoms with Gasteiger partial charge in [-0.3, -0.25) is 4.79 Å². The normalized spacial score (nSPS) is 22.0. The molecule has 2 aliphatic rings. The van der Waals surface area contributed by atoms with E-state index in [1.54, 1.807) is 18.2 Å². The van der Waals surface area contributed by atoms with Crippen LogP contribution in [-0.4, -0.2) is 54.1 Å². The summed E-state index contributed by atoms with van der Waals surface area (Å²) in [6.07, 6.45) is 1.70. The molecule has 4 nitrogen and oxygen atoms in total. The first kappa shape index (κ1) is 14.3. The molecule has 1 amide bonds. The zero-order valence-electron chi connectivity index (χ0n) is 11.8. The van der Waals surface area contributed by atoms with Crippen molar-refractivity contribution in [1.82, 2.24) is 9.80 Å². The number of halogens is 1. The highest BCUT2D eigenvalue weighted by Gasteiger charge is 2.27. The van der Waals surface area contributed by atoms with Crippen molar-refractivity contribution in [1.29, 1.82) is 0 Å². The molecule has 2 heterocycles. The maximum atomic E-state index is 13.2. The van der Waals surface area contributed by atoms with Gasteiger partial charge in [0.1, 0.15) is 5.82 Å². The van der Waals surface area contributed by atoms with E-state index in [4.69, 9.17) is 0 Å². The quantitative estimate of drug-likeness (QED) is 0.744. The Bertz CT molecular complexity index is 621. The van der Waals surface area contributed by atoms with Crippen LogP contribution in [0.1, 0.15) is 5.56 Å². The molecule has 1 saturated heterocycles. The summed E-state index contributed by atoms with van der Waals surface area (Å²) in [6, 6.07) is 6.21. The third-order valence-electron chi connectivity index (χ3n) is 3.53. The third-order valence-corrected chi connectivity index (χ3v) is 4.57. The maximum absolute atomic E-state index is 13.2. The molecular formula is C15H16FN3OS. The Labute approximate surface area is 127 Å². The molecule has 0 bridgehead atoms. The van der Waals surface area contributed by atoms with Gasteiger partial charge in [0.05, 0.1) is 4.91 Å². The van der Waals surface area contributed by atoms with Crippen LogP contribution < -0.4 is 0 Å². The van der Waals surface area contributed by atoms with E-state index in [0.29, 0.717) is 10.5 Å². The fourth-order valence-electron chi connectivity index (χ4n) is 2.28. The Balaban J connectivity index is 1.73. The van der Waals surface area contributed by atoms with Crippen LogP contribution >= 0.6 is 11.8 Å². The van der Waals surface area contributed by atoms with Crippen molar-refractivity contribution in [3.8, 4) is 0 Å². The number of carbonyl (C=O) groups is 1. The number of carbonyl (C=O) groups excluding carboxylic acids is 1. The topological polar surface area (TPSA) is 35.9 Å². The van der Waals surface area contributed by atoms with E-state index in [1.165, 1.54) is 23.9 Å². The summed E-state index contributed by atoms with van der Waals surface area (Å²) < 4.78 is 13.2. The molecule has 0 aromatic heterocycles. The van der Waals surface area contributed by atoms with Crippen LogP contribution in [-0.2, 0) is 4.79 Å². The second-order valence-corrected chi connectivity index (χ2v) is 6.16. The Hall–Kier alpha value is -1.66. The highest BCUT2D eigenvalue weighted by Crippen LogP contribution is 2.30. The molecule has 0 saturated carbocycles. The lowest BCUT2D eigenvalue weighted by atomic mass is 10.2.